The normalized spacial score (nSPS) is 12.1. The van der Waals surface area contributed by atoms with Gasteiger partial charge in [0.1, 0.15) is 0 Å². The van der Waals surface area contributed by atoms with Crippen LogP contribution in [-0.4, -0.2) is 12.8 Å². The fourth-order valence-electron chi connectivity index (χ4n) is 2.00. The van der Waals surface area contributed by atoms with Crippen molar-refractivity contribution in [3.8, 4) is 11.5 Å². The number of carbonyl (C=O) groups excluding carboxylic acids is 1. The number of nitrogens with one attached hydrogen (secondary N) is 2. The van der Waals surface area contributed by atoms with Crippen LogP contribution in [0.4, 0.5) is 14.9 Å². The van der Waals surface area contributed by atoms with E-state index in [-0.39, 0.29) is 24.0 Å². The van der Waals surface area contributed by atoms with Gasteiger partial charge in [-0.05, 0) is 29.8 Å². The molecule has 0 bridgehead atoms. The Morgan fingerprint density at radius 2 is 2.05 bits per heavy atom. The van der Waals surface area contributed by atoms with Crippen molar-refractivity contribution in [3.05, 3.63) is 52.8 Å². The SMILES string of the molecule is O=C(NCc1ccc2c(c1)OCO2)Nc1cccc(Cl)c1F. The molecule has 0 fully saturated rings. The lowest BCUT2D eigenvalue weighted by Gasteiger charge is -2.09. The largest absolute Gasteiger partial charge is 0.454 e. The van der Waals surface area contributed by atoms with Crippen LogP contribution >= 0.6 is 11.6 Å². The molecular formula is C15H12ClFN2O3. The minimum absolute atomic E-state index is 0.0238. The van der Waals surface area contributed by atoms with Crippen LogP contribution in [0.25, 0.3) is 0 Å². The summed E-state index contributed by atoms with van der Waals surface area (Å²) in [5.74, 6) is 0.650. The van der Waals surface area contributed by atoms with Gasteiger partial charge in [0.05, 0.1) is 10.7 Å². The Morgan fingerprint density at radius 3 is 2.91 bits per heavy atom. The quantitative estimate of drug-likeness (QED) is 0.909. The van der Waals surface area contributed by atoms with Crippen molar-refractivity contribution in [2.24, 2.45) is 0 Å². The maximum atomic E-state index is 13.7. The number of amides is 2. The molecule has 0 aromatic heterocycles. The zero-order valence-electron chi connectivity index (χ0n) is 11.4. The molecule has 0 spiro atoms. The first-order valence-electron chi connectivity index (χ1n) is 6.51. The Hall–Kier alpha value is -2.47. The average molecular weight is 323 g/mol. The first-order chi connectivity index (χ1) is 10.6. The summed E-state index contributed by atoms with van der Waals surface area (Å²) in [7, 11) is 0. The highest BCUT2D eigenvalue weighted by molar-refractivity contribution is 6.31. The van der Waals surface area contributed by atoms with E-state index in [2.05, 4.69) is 10.6 Å². The third-order valence-electron chi connectivity index (χ3n) is 3.09. The molecule has 0 aliphatic carbocycles. The molecule has 1 heterocycles. The molecule has 2 amide bonds. The number of anilines is 1. The zero-order valence-corrected chi connectivity index (χ0v) is 12.1. The summed E-state index contributed by atoms with van der Waals surface area (Å²) in [6.45, 7) is 0.464. The first-order valence-corrected chi connectivity index (χ1v) is 6.88. The maximum absolute atomic E-state index is 13.7. The van der Waals surface area contributed by atoms with Crippen LogP contribution in [0.1, 0.15) is 5.56 Å². The van der Waals surface area contributed by atoms with Crippen molar-refractivity contribution in [1.82, 2.24) is 5.32 Å². The van der Waals surface area contributed by atoms with Gasteiger partial charge in [-0.15, -0.1) is 0 Å². The molecule has 114 valence electrons. The Labute approximate surface area is 131 Å². The minimum Gasteiger partial charge on any atom is -0.454 e. The lowest BCUT2D eigenvalue weighted by molar-refractivity contribution is 0.174. The summed E-state index contributed by atoms with van der Waals surface area (Å²) in [5.41, 5.74) is 0.863. The van der Waals surface area contributed by atoms with E-state index in [9.17, 15) is 9.18 Å². The van der Waals surface area contributed by atoms with Crippen molar-refractivity contribution < 1.29 is 18.7 Å². The molecule has 7 heteroatoms. The van der Waals surface area contributed by atoms with E-state index in [1.807, 2.05) is 6.07 Å². The fraction of sp³-hybridized carbons (Fsp3) is 0.133. The number of urea groups is 1. The smallest absolute Gasteiger partial charge is 0.319 e. The van der Waals surface area contributed by atoms with Crippen molar-refractivity contribution in [2.45, 2.75) is 6.54 Å². The highest BCUT2D eigenvalue weighted by Crippen LogP contribution is 2.32. The van der Waals surface area contributed by atoms with Crippen molar-refractivity contribution in [1.29, 1.82) is 0 Å². The van der Waals surface area contributed by atoms with Crippen molar-refractivity contribution in [2.75, 3.05) is 12.1 Å². The van der Waals surface area contributed by atoms with E-state index < -0.39 is 11.8 Å². The second-order valence-electron chi connectivity index (χ2n) is 4.60. The zero-order chi connectivity index (χ0) is 15.5. The summed E-state index contributed by atoms with van der Waals surface area (Å²) in [5, 5.41) is 4.99. The highest BCUT2D eigenvalue weighted by atomic mass is 35.5. The molecule has 3 rings (SSSR count). The second-order valence-corrected chi connectivity index (χ2v) is 5.00. The number of hydrogen-bond acceptors (Lipinski definition) is 3. The van der Waals surface area contributed by atoms with Gasteiger partial charge in [0.15, 0.2) is 17.3 Å². The van der Waals surface area contributed by atoms with Gasteiger partial charge in [-0.3, -0.25) is 0 Å². The van der Waals surface area contributed by atoms with Gasteiger partial charge < -0.3 is 20.1 Å². The molecule has 1 aliphatic rings. The fourth-order valence-corrected chi connectivity index (χ4v) is 2.17. The lowest BCUT2D eigenvalue weighted by atomic mass is 10.2. The molecule has 0 saturated carbocycles. The van der Waals surface area contributed by atoms with Crippen LogP contribution in [0.3, 0.4) is 0 Å². The highest BCUT2D eigenvalue weighted by Gasteiger charge is 2.14. The van der Waals surface area contributed by atoms with E-state index in [4.69, 9.17) is 21.1 Å². The maximum Gasteiger partial charge on any atom is 0.319 e. The summed E-state index contributed by atoms with van der Waals surface area (Å²) >= 11 is 5.65. The van der Waals surface area contributed by atoms with Crippen LogP contribution in [0.5, 0.6) is 11.5 Å². The Morgan fingerprint density at radius 1 is 1.23 bits per heavy atom. The first kappa shape index (κ1) is 14.5. The molecule has 1 aliphatic heterocycles. The standard InChI is InChI=1S/C15H12ClFN2O3/c16-10-2-1-3-11(14(10)17)19-15(20)18-7-9-4-5-12-13(6-9)22-8-21-12/h1-6H,7-8H2,(H2,18,19,20). The van der Waals surface area contributed by atoms with Crippen LogP contribution < -0.4 is 20.1 Å². The second kappa shape index (κ2) is 6.11. The molecule has 0 saturated heterocycles. The van der Waals surface area contributed by atoms with Crippen LogP contribution in [0, 0.1) is 5.82 Å². The van der Waals surface area contributed by atoms with Gasteiger partial charge in [-0.1, -0.05) is 23.7 Å². The molecule has 0 radical (unpaired) electrons. The van der Waals surface area contributed by atoms with E-state index in [1.54, 1.807) is 18.2 Å². The number of rotatable bonds is 3. The summed E-state index contributed by atoms with van der Waals surface area (Å²) in [6, 6.07) is 9.23. The molecule has 0 unspecified atom stereocenters. The molecule has 2 aromatic rings. The minimum atomic E-state index is -0.664. The van der Waals surface area contributed by atoms with Gasteiger partial charge in [0.25, 0.3) is 0 Å². The number of halogens is 2. The third-order valence-corrected chi connectivity index (χ3v) is 3.38. The van der Waals surface area contributed by atoms with Crippen LogP contribution in [0.15, 0.2) is 36.4 Å². The number of ether oxygens (including phenoxy) is 2. The third kappa shape index (κ3) is 3.07. The van der Waals surface area contributed by atoms with E-state index >= 15 is 0 Å². The van der Waals surface area contributed by atoms with Gasteiger partial charge in [0.2, 0.25) is 6.79 Å². The molecule has 0 atom stereocenters. The number of benzene rings is 2. The Kier molecular flexibility index (Phi) is 4.02. The predicted octanol–water partition coefficient (Wildman–Crippen LogP) is 3.53. The van der Waals surface area contributed by atoms with Crippen molar-refractivity contribution >= 4 is 23.3 Å². The van der Waals surface area contributed by atoms with E-state index in [1.165, 1.54) is 12.1 Å². The Bertz CT molecular complexity index is 724. The number of fused-ring (bicyclic) bond motifs is 1. The monoisotopic (exact) mass is 322 g/mol. The van der Waals surface area contributed by atoms with Gasteiger partial charge in [0, 0.05) is 6.54 Å². The van der Waals surface area contributed by atoms with Crippen LogP contribution in [0.2, 0.25) is 5.02 Å². The Balaban J connectivity index is 1.59. The lowest BCUT2D eigenvalue weighted by Crippen LogP contribution is -2.28. The average Bonchev–Trinajstić information content (AvgIpc) is 2.97. The molecule has 22 heavy (non-hydrogen) atoms. The number of carbonyl (C=O) groups is 1. The van der Waals surface area contributed by atoms with E-state index in [0.29, 0.717) is 11.5 Å². The van der Waals surface area contributed by atoms with Gasteiger partial charge in [-0.2, -0.15) is 0 Å². The summed E-state index contributed by atoms with van der Waals surface area (Å²) in [6.07, 6.45) is 0. The number of hydrogen-bond donors (Lipinski definition) is 2. The molecular weight excluding hydrogens is 311 g/mol. The topological polar surface area (TPSA) is 59.6 Å². The predicted molar refractivity (Wildman–Crippen MR) is 79.8 cm³/mol. The van der Waals surface area contributed by atoms with Crippen molar-refractivity contribution in [3.63, 3.8) is 0 Å². The van der Waals surface area contributed by atoms with Gasteiger partial charge >= 0.3 is 6.03 Å². The van der Waals surface area contributed by atoms with Gasteiger partial charge in [-0.25, -0.2) is 9.18 Å². The molecule has 2 N–H and O–H groups in total. The van der Waals surface area contributed by atoms with Crippen LogP contribution in [-0.2, 0) is 6.54 Å². The van der Waals surface area contributed by atoms with E-state index in [0.717, 1.165) is 5.56 Å². The molecule has 5 nitrogen and oxygen atoms in total. The summed E-state index contributed by atoms with van der Waals surface area (Å²) in [4.78, 5) is 11.8. The molecule has 2 aromatic carbocycles. The summed E-state index contributed by atoms with van der Waals surface area (Å²) < 4.78 is 24.1.